The molecule has 1 aromatic heterocycles. The molecule has 0 atom stereocenters. The molecule has 0 fully saturated rings. The summed E-state index contributed by atoms with van der Waals surface area (Å²) in [5.74, 6) is 0. The lowest BCUT2D eigenvalue weighted by Gasteiger charge is -2.00. The molecule has 2 rings (SSSR count). The summed E-state index contributed by atoms with van der Waals surface area (Å²) in [7, 11) is 1.89. The minimum atomic E-state index is 0.782. The van der Waals surface area contributed by atoms with Crippen molar-refractivity contribution in [3.63, 3.8) is 0 Å². The van der Waals surface area contributed by atoms with Gasteiger partial charge in [0.25, 0.3) is 0 Å². The molecule has 0 saturated heterocycles. The van der Waals surface area contributed by atoms with Gasteiger partial charge < -0.3 is 5.32 Å². The molecule has 14 heavy (non-hydrogen) atoms. The fraction of sp³-hybridized carbons (Fsp3) is 0.200. The number of hydrogen-bond donors (Lipinski definition) is 1. The number of benzene rings is 1. The van der Waals surface area contributed by atoms with Crippen molar-refractivity contribution in [2.45, 2.75) is 6.54 Å². The maximum absolute atomic E-state index is 4.01. The normalized spacial score (nSPS) is 10.4. The van der Waals surface area contributed by atoms with Crippen LogP contribution in [0, 0.1) is 0 Å². The van der Waals surface area contributed by atoms with E-state index in [2.05, 4.69) is 28.3 Å². The summed E-state index contributed by atoms with van der Waals surface area (Å²) in [4.78, 5) is 0. The standard InChI is InChI=1S/C10H12N4/c1-3-11-7-8-4-5-9-10(6-8)14(2)13-12-9/h3-6,11H,1,7H2,2H3. The van der Waals surface area contributed by atoms with Gasteiger partial charge in [-0.05, 0) is 23.9 Å². The molecule has 0 bridgehead atoms. The molecule has 1 N–H and O–H groups in total. The maximum Gasteiger partial charge on any atom is 0.113 e. The molecule has 2 aromatic rings. The van der Waals surface area contributed by atoms with Crippen molar-refractivity contribution in [1.82, 2.24) is 20.3 Å². The second-order valence-corrected chi connectivity index (χ2v) is 3.12. The predicted molar refractivity (Wildman–Crippen MR) is 55.5 cm³/mol. The van der Waals surface area contributed by atoms with Gasteiger partial charge in [0.15, 0.2) is 0 Å². The fourth-order valence-corrected chi connectivity index (χ4v) is 1.38. The van der Waals surface area contributed by atoms with Gasteiger partial charge in [0, 0.05) is 13.6 Å². The highest BCUT2D eigenvalue weighted by molar-refractivity contribution is 5.74. The Morgan fingerprint density at radius 1 is 1.57 bits per heavy atom. The van der Waals surface area contributed by atoms with Crippen molar-refractivity contribution < 1.29 is 0 Å². The third-order valence-corrected chi connectivity index (χ3v) is 2.13. The third-order valence-electron chi connectivity index (χ3n) is 2.13. The first-order valence-electron chi connectivity index (χ1n) is 4.44. The van der Waals surface area contributed by atoms with E-state index in [0.29, 0.717) is 0 Å². The molecule has 0 aliphatic heterocycles. The van der Waals surface area contributed by atoms with Crippen LogP contribution in [0.15, 0.2) is 31.0 Å². The Kier molecular flexibility index (Phi) is 2.18. The van der Waals surface area contributed by atoms with Crippen LogP contribution in [-0.4, -0.2) is 15.0 Å². The molecule has 1 aromatic carbocycles. The highest BCUT2D eigenvalue weighted by Gasteiger charge is 2.01. The zero-order valence-electron chi connectivity index (χ0n) is 8.07. The number of aromatic nitrogens is 3. The summed E-state index contributed by atoms with van der Waals surface area (Å²) in [5.41, 5.74) is 3.17. The van der Waals surface area contributed by atoms with Crippen LogP contribution in [0.3, 0.4) is 0 Å². The van der Waals surface area contributed by atoms with Crippen LogP contribution in [0.5, 0.6) is 0 Å². The van der Waals surface area contributed by atoms with Crippen LogP contribution in [0.25, 0.3) is 11.0 Å². The van der Waals surface area contributed by atoms with Gasteiger partial charge in [0.2, 0.25) is 0 Å². The van der Waals surface area contributed by atoms with Crippen molar-refractivity contribution in [1.29, 1.82) is 0 Å². The van der Waals surface area contributed by atoms with E-state index in [0.717, 1.165) is 17.6 Å². The van der Waals surface area contributed by atoms with Gasteiger partial charge in [0.05, 0.1) is 5.52 Å². The van der Waals surface area contributed by atoms with Crippen molar-refractivity contribution in [3.05, 3.63) is 36.5 Å². The first-order chi connectivity index (χ1) is 6.81. The molecule has 0 aliphatic carbocycles. The molecule has 0 amide bonds. The largest absolute Gasteiger partial charge is 0.387 e. The van der Waals surface area contributed by atoms with E-state index in [1.165, 1.54) is 5.56 Å². The van der Waals surface area contributed by atoms with Gasteiger partial charge >= 0.3 is 0 Å². The Labute approximate surface area is 82.2 Å². The van der Waals surface area contributed by atoms with Crippen LogP contribution in [0.1, 0.15) is 5.56 Å². The molecule has 0 aliphatic rings. The topological polar surface area (TPSA) is 42.7 Å². The zero-order valence-corrected chi connectivity index (χ0v) is 8.07. The number of rotatable bonds is 3. The van der Waals surface area contributed by atoms with Crippen LogP contribution in [0.2, 0.25) is 0 Å². The Bertz CT molecular complexity index is 458. The van der Waals surface area contributed by atoms with Gasteiger partial charge in [-0.25, -0.2) is 4.68 Å². The van der Waals surface area contributed by atoms with E-state index >= 15 is 0 Å². The number of nitrogens with one attached hydrogen (secondary N) is 1. The van der Waals surface area contributed by atoms with E-state index < -0.39 is 0 Å². The molecular formula is C10H12N4. The monoisotopic (exact) mass is 188 g/mol. The second-order valence-electron chi connectivity index (χ2n) is 3.12. The van der Waals surface area contributed by atoms with Crippen molar-refractivity contribution in [2.24, 2.45) is 7.05 Å². The number of fused-ring (bicyclic) bond motifs is 1. The van der Waals surface area contributed by atoms with Crippen molar-refractivity contribution in [2.75, 3.05) is 0 Å². The Balaban J connectivity index is 2.39. The molecule has 0 radical (unpaired) electrons. The molecule has 0 saturated carbocycles. The molecule has 4 heteroatoms. The minimum absolute atomic E-state index is 0.782. The van der Waals surface area contributed by atoms with Gasteiger partial charge in [-0.1, -0.05) is 17.9 Å². The molecule has 1 heterocycles. The fourth-order valence-electron chi connectivity index (χ4n) is 1.38. The van der Waals surface area contributed by atoms with E-state index in [4.69, 9.17) is 0 Å². The van der Waals surface area contributed by atoms with Crippen LogP contribution >= 0.6 is 0 Å². The van der Waals surface area contributed by atoms with Crippen molar-refractivity contribution in [3.8, 4) is 0 Å². The SMILES string of the molecule is C=CNCc1ccc2nnn(C)c2c1. The van der Waals surface area contributed by atoms with Gasteiger partial charge in [-0.2, -0.15) is 0 Å². The van der Waals surface area contributed by atoms with Crippen LogP contribution < -0.4 is 5.32 Å². The first-order valence-corrected chi connectivity index (χ1v) is 4.44. The highest BCUT2D eigenvalue weighted by atomic mass is 15.4. The average molecular weight is 188 g/mol. The van der Waals surface area contributed by atoms with E-state index in [1.54, 1.807) is 10.9 Å². The number of aryl methyl sites for hydroxylation is 1. The maximum atomic E-state index is 4.01. The van der Waals surface area contributed by atoms with Gasteiger partial charge in [-0.15, -0.1) is 5.10 Å². The van der Waals surface area contributed by atoms with Crippen molar-refractivity contribution >= 4 is 11.0 Å². The Morgan fingerprint density at radius 3 is 3.21 bits per heavy atom. The summed E-state index contributed by atoms with van der Waals surface area (Å²) in [6, 6.07) is 6.09. The summed E-state index contributed by atoms with van der Waals surface area (Å²) in [5, 5.41) is 11.0. The second kappa shape index (κ2) is 3.49. The van der Waals surface area contributed by atoms with Crippen LogP contribution in [-0.2, 0) is 13.6 Å². The zero-order chi connectivity index (χ0) is 9.97. The molecule has 0 unspecified atom stereocenters. The lowest BCUT2D eigenvalue weighted by atomic mass is 10.2. The van der Waals surface area contributed by atoms with Gasteiger partial charge in [-0.3, -0.25) is 0 Å². The molecule has 4 nitrogen and oxygen atoms in total. The summed E-state index contributed by atoms with van der Waals surface area (Å²) in [6.45, 7) is 4.39. The number of hydrogen-bond acceptors (Lipinski definition) is 3. The molecule has 72 valence electrons. The smallest absolute Gasteiger partial charge is 0.113 e. The Hall–Kier alpha value is -1.84. The summed E-state index contributed by atoms with van der Waals surface area (Å²) in [6.07, 6.45) is 1.69. The van der Waals surface area contributed by atoms with E-state index in [9.17, 15) is 0 Å². The highest BCUT2D eigenvalue weighted by Crippen LogP contribution is 2.12. The Morgan fingerprint density at radius 2 is 2.43 bits per heavy atom. The molecular weight excluding hydrogens is 176 g/mol. The lowest BCUT2D eigenvalue weighted by Crippen LogP contribution is -2.03. The van der Waals surface area contributed by atoms with E-state index in [-0.39, 0.29) is 0 Å². The van der Waals surface area contributed by atoms with Gasteiger partial charge in [0.1, 0.15) is 5.52 Å². The predicted octanol–water partition coefficient (Wildman–Crippen LogP) is 1.20. The quantitative estimate of drug-likeness (QED) is 0.787. The average Bonchev–Trinajstić information content (AvgIpc) is 2.57. The summed E-state index contributed by atoms with van der Waals surface area (Å²) < 4.78 is 1.77. The molecule has 0 spiro atoms. The van der Waals surface area contributed by atoms with Crippen LogP contribution in [0.4, 0.5) is 0 Å². The first kappa shape index (κ1) is 8.74. The number of nitrogens with zero attached hydrogens (tertiary/aromatic N) is 3. The summed E-state index contributed by atoms with van der Waals surface area (Å²) >= 11 is 0. The third kappa shape index (κ3) is 1.46. The van der Waals surface area contributed by atoms with E-state index in [1.807, 2.05) is 19.2 Å². The minimum Gasteiger partial charge on any atom is -0.387 e. The lowest BCUT2D eigenvalue weighted by molar-refractivity contribution is 0.736.